The maximum atomic E-state index is 13.0. The molecule has 2 heterocycles. The highest BCUT2D eigenvalue weighted by Gasteiger charge is 2.37. The summed E-state index contributed by atoms with van der Waals surface area (Å²) >= 11 is 0. The second kappa shape index (κ2) is 8.07. The minimum atomic E-state index is -0.566. The summed E-state index contributed by atoms with van der Waals surface area (Å²) in [7, 11) is 0. The molecule has 6 N–H and O–H groups in total. The zero-order chi connectivity index (χ0) is 28.1. The van der Waals surface area contributed by atoms with Crippen LogP contribution in [0.25, 0.3) is 32.7 Å². The number of carbonyl (C=O) groups is 2. The molecule has 0 saturated carbocycles. The summed E-state index contributed by atoms with van der Waals surface area (Å²) in [5.41, 5.74) is -0.428. The van der Waals surface area contributed by atoms with Gasteiger partial charge in [0.05, 0.1) is 16.7 Å². The van der Waals surface area contributed by atoms with Gasteiger partial charge in [-0.3, -0.25) is 9.59 Å². The van der Waals surface area contributed by atoms with Gasteiger partial charge < -0.3 is 40.1 Å². The van der Waals surface area contributed by atoms with Gasteiger partial charge in [-0.1, -0.05) is 6.92 Å². The van der Waals surface area contributed by atoms with Crippen LogP contribution in [0.3, 0.4) is 0 Å². The monoisotopic (exact) mass is 532 g/mol. The first-order valence-electron chi connectivity index (χ1n) is 12.3. The van der Waals surface area contributed by atoms with Gasteiger partial charge in [-0.05, 0) is 26.0 Å². The number of carbonyl (C=O) groups excluding carboxylic acids is 2. The summed E-state index contributed by atoms with van der Waals surface area (Å²) in [6.07, 6.45) is -1.01. The molecule has 0 amide bonds. The van der Waals surface area contributed by atoms with Crippen LogP contribution in [0.4, 0.5) is 0 Å². The van der Waals surface area contributed by atoms with Crippen LogP contribution in [0.15, 0.2) is 24.3 Å². The predicted molar refractivity (Wildman–Crippen MR) is 140 cm³/mol. The molecule has 0 aliphatic carbocycles. The Hall–Kier alpha value is -4.86. The quantitative estimate of drug-likeness (QED) is 0.199. The van der Waals surface area contributed by atoms with Crippen molar-refractivity contribution in [2.75, 3.05) is 0 Å². The van der Waals surface area contributed by atoms with E-state index >= 15 is 0 Å². The van der Waals surface area contributed by atoms with Crippen molar-refractivity contribution < 1.29 is 49.7 Å². The molecule has 10 nitrogen and oxygen atoms in total. The molecule has 0 saturated heterocycles. The van der Waals surface area contributed by atoms with E-state index in [1.165, 1.54) is 12.1 Å². The van der Waals surface area contributed by atoms with E-state index in [2.05, 4.69) is 0 Å². The van der Waals surface area contributed by atoms with Crippen molar-refractivity contribution in [1.82, 2.24) is 0 Å². The number of ketones is 2. The first kappa shape index (κ1) is 24.5. The highest BCUT2D eigenvalue weighted by atomic mass is 16.5. The molecular weight excluding hydrogens is 508 g/mol. The van der Waals surface area contributed by atoms with Gasteiger partial charge in [-0.2, -0.15) is 0 Å². The molecule has 0 radical (unpaired) electrons. The zero-order valence-corrected chi connectivity index (χ0v) is 21.1. The molecule has 0 bridgehead atoms. The van der Waals surface area contributed by atoms with Crippen LogP contribution in [-0.2, 0) is 0 Å². The fraction of sp³-hybridized carbons (Fsp3) is 0.241. The number of rotatable bonds is 1. The first-order chi connectivity index (χ1) is 18.4. The van der Waals surface area contributed by atoms with Crippen molar-refractivity contribution in [2.45, 2.75) is 39.4 Å². The van der Waals surface area contributed by atoms with E-state index in [4.69, 9.17) is 9.47 Å². The number of ether oxygens (including phenoxy) is 2. The third kappa shape index (κ3) is 3.27. The Bertz CT molecular complexity index is 1790. The number of aromatic hydroxyl groups is 6. The summed E-state index contributed by atoms with van der Waals surface area (Å²) in [4.78, 5) is 25.7. The molecule has 4 aromatic rings. The molecule has 2 aliphatic heterocycles. The molecule has 2 aliphatic rings. The molecule has 200 valence electrons. The fourth-order valence-electron chi connectivity index (χ4n) is 5.61. The average molecular weight is 533 g/mol. The molecule has 4 aromatic carbocycles. The van der Waals surface area contributed by atoms with E-state index in [1.54, 1.807) is 20.8 Å². The lowest BCUT2D eigenvalue weighted by atomic mass is 9.85. The van der Waals surface area contributed by atoms with Gasteiger partial charge >= 0.3 is 0 Å². The molecule has 3 atom stereocenters. The van der Waals surface area contributed by atoms with E-state index in [1.807, 2.05) is 0 Å². The lowest BCUT2D eigenvalue weighted by molar-refractivity contribution is 0.0725. The lowest BCUT2D eigenvalue weighted by Crippen LogP contribution is -2.33. The maximum Gasteiger partial charge on any atom is 0.176 e. The van der Waals surface area contributed by atoms with Crippen LogP contribution in [-0.4, -0.2) is 54.4 Å². The number of benzene rings is 4. The number of hydrogen-bond acceptors (Lipinski definition) is 10. The molecule has 3 unspecified atom stereocenters. The van der Waals surface area contributed by atoms with E-state index in [0.717, 1.165) is 12.1 Å². The Kier molecular flexibility index (Phi) is 5.06. The molecule has 0 spiro atoms. The van der Waals surface area contributed by atoms with Crippen LogP contribution in [0.2, 0.25) is 0 Å². The van der Waals surface area contributed by atoms with Gasteiger partial charge in [0.2, 0.25) is 0 Å². The third-order valence-electron chi connectivity index (χ3n) is 7.65. The Morgan fingerprint density at radius 1 is 0.641 bits per heavy atom. The normalized spacial score (nSPS) is 20.4. The Labute approximate surface area is 220 Å². The molecule has 39 heavy (non-hydrogen) atoms. The fourth-order valence-corrected chi connectivity index (χ4v) is 5.61. The third-order valence-corrected chi connectivity index (χ3v) is 7.65. The smallest absolute Gasteiger partial charge is 0.176 e. The van der Waals surface area contributed by atoms with Crippen LogP contribution >= 0.6 is 0 Å². The Morgan fingerprint density at radius 3 is 1.67 bits per heavy atom. The standard InChI is InChI=1S/C29H24O10/c1-9-4-14(30)25-19(38-9)5-12-21(15(31)7-17(33)23(12)28(25)36)22-13-6-20-26(27(35)10(2)11(3)39-20)29(37)24(13)18(34)8-16(22)32/h5-11,31-34,36-37H,4H2,1-3H3. The van der Waals surface area contributed by atoms with E-state index < -0.39 is 58.4 Å². The minimum Gasteiger partial charge on any atom is -0.507 e. The van der Waals surface area contributed by atoms with Crippen molar-refractivity contribution in [3.63, 3.8) is 0 Å². The van der Waals surface area contributed by atoms with Gasteiger partial charge in [0.15, 0.2) is 11.6 Å². The van der Waals surface area contributed by atoms with Gasteiger partial charge in [-0.15, -0.1) is 0 Å². The van der Waals surface area contributed by atoms with Gasteiger partial charge in [0, 0.05) is 40.5 Å². The number of hydrogen-bond donors (Lipinski definition) is 6. The number of phenolic OH excluding ortho intramolecular Hbond substituents is 6. The Balaban J connectivity index is 1.77. The summed E-state index contributed by atoms with van der Waals surface area (Å²) in [5.74, 6) is -4.52. The summed E-state index contributed by atoms with van der Waals surface area (Å²) in [6.45, 7) is 5.03. The minimum absolute atomic E-state index is 0.0152. The van der Waals surface area contributed by atoms with Gasteiger partial charge in [0.25, 0.3) is 0 Å². The van der Waals surface area contributed by atoms with E-state index in [-0.39, 0.29) is 67.5 Å². The molecule has 0 aromatic heterocycles. The van der Waals surface area contributed by atoms with Crippen molar-refractivity contribution >= 4 is 33.1 Å². The van der Waals surface area contributed by atoms with E-state index in [0.29, 0.717) is 0 Å². The van der Waals surface area contributed by atoms with Crippen molar-refractivity contribution in [2.24, 2.45) is 5.92 Å². The number of fused-ring (bicyclic) bond motifs is 4. The highest BCUT2D eigenvalue weighted by molar-refractivity contribution is 6.19. The number of Topliss-reactive ketones (excluding diaryl/α,β-unsaturated/α-hetero) is 2. The van der Waals surface area contributed by atoms with Crippen LogP contribution < -0.4 is 9.47 Å². The summed E-state index contributed by atoms with van der Waals surface area (Å²) in [6, 6.07) is 4.63. The second-order valence-electron chi connectivity index (χ2n) is 10.2. The Morgan fingerprint density at radius 2 is 1.13 bits per heavy atom. The molecule has 10 heteroatoms. The van der Waals surface area contributed by atoms with Gasteiger partial charge in [-0.25, -0.2) is 0 Å². The van der Waals surface area contributed by atoms with Gasteiger partial charge in [0.1, 0.15) is 69.3 Å². The van der Waals surface area contributed by atoms with Crippen LogP contribution in [0, 0.1) is 5.92 Å². The highest BCUT2D eigenvalue weighted by Crippen LogP contribution is 2.55. The second-order valence-corrected chi connectivity index (χ2v) is 10.2. The summed E-state index contributed by atoms with van der Waals surface area (Å²) < 4.78 is 11.7. The van der Waals surface area contributed by atoms with Crippen molar-refractivity contribution in [3.8, 4) is 57.1 Å². The molecular formula is C29H24O10. The SMILES string of the molecule is CC1CC(=O)c2c(cc3c(-c4c(O)cc(O)c5c(O)c6c(cc45)OC(C)C(C)C6=O)c(O)cc(O)c3c2O)O1. The largest absolute Gasteiger partial charge is 0.507 e. The van der Waals surface area contributed by atoms with E-state index in [9.17, 15) is 40.2 Å². The predicted octanol–water partition coefficient (Wildman–Crippen LogP) is 4.85. The van der Waals surface area contributed by atoms with Crippen LogP contribution in [0.1, 0.15) is 47.9 Å². The van der Waals surface area contributed by atoms with Crippen molar-refractivity contribution in [1.29, 1.82) is 0 Å². The first-order valence-corrected chi connectivity index (χ1v) is 12.3. The maximum absolute atomic E-state index is 13.0. The lowest BCUT2D eigenvalue weighted by Gasteiger charge is -2.29. The average Bonchev–Trinajstić information content (AvgIpc) is 2.83. The van der Waals surface area contributed by atoms with Crippen LogP contribution in [0.5, 0.6) is 46.0 Å². The summed E-state index contributed by atoms with van der Waals surface area (Å²) in [5, 5.41) is 65.4. The molecule has 0 fully saturated rings. The zero-order valence-electron chi connectivity index (χ0n) is 21.1. The van der Waals surface area contributed by atoms with Crippen molar-refractivity contribution in [3.05, 3.63) is 35.4 Å². The number of phenols is 6. The molecule has 6 rings (SSSR count). The topological polar surface area (TPSA) is 174 Å².